The van der Waals surface area contributed by atoms with Crippen LogP contribution in [0.1, 0.15) is 11.1 Å². The lowest BCUT2D eigenvalue weighted by Gasteiger charge is -2.32. The Balaban J connectivity index is 2.07. The van der Waals surface area contributed by atoms with Crippen molar-refractivity contribution in [3.8, 4) is 0 Å². The summed E-state index contributed by atoms with van der Waals surface area (Å²) < 4.78 is 0. The molecule has 0 unspecified atom stereocenters. The van der Waals surface area contributed by atoms with Crippen molar-refractivity contribution in [2.45, 2.75) is 6.54 Å². The van der Waals surface area contributed by atoms with Gasteiger partial charge >= 0.3 is 0 Å². The van der Waals surface area contributed by atoms with Crippen LogP contribution in [0, 0.1) is 17.0 Å². The van der Waals surface area contributed by atoms with E-state index in [0.717, 1.165) is 38.3 Å². The summed E-state index contributed by atoms with van der Waals surface area (Å²) in [5, 5.41) is 10.8. The summed E-state index contributed by atoms with van der Waals surface area (Å²) in [6.07, 6.45) is 0. The Hall–Kier alpha value is -1.46. The van der Waals surface area contributed by atoms with Gasteiger partial charge in [-0.25, -0.2) is 0 Å². The lowest BCUT2D eigenvalue weighted by Crippen LogP contribution is -2.43. The van der Waals surface area contributed by atoms with Gasteiger partial charge in [0.2, 0.25) is 0 Å². The predicted molar refractivity (Wildman–Crippen MR) is 70.3 cm³/mol. The zero-order chi connectivity index (χ0) is 13.1. The highest BCUT2D eigenvalue weighted by molar-refractivity contribution is 5.40. The first-order valence-electron chi connectivity index (χ1n) is 6.06. The minimum atomic E-state index is -0.359. The van der Waals surface area contributed by atoms with Gasteiger partial charge < -0.3 is 4.90 Å². The van der Waals surface area contributed by atoms with Crippen LogP contribution in [0.15, 0.2) is 18.2 Å². The molecule has 0 aromatic heterocycles. The molecule has 0 spiro atoms. The fraction of sp³-hybridized carbons (Fsp3) is 0.462. The average molecular weight is 248 g/mol. The van der Waals surface area contributed by atoms with Gasteiger partial charge in [0.1, 0.15) is 0 Å². The fourth-order valence-electron chi connectivity index (χ4n) is 2.20. The molecule has 1 fully saturated rings. The largest absolute Gasteiger partial charge is 0.304 e. The van der Waals surface area contributed by atoms with Crippen LogP contribution < -0.4 is 0 Å². The summed E-state index contributed by atoms with van der Waals surface area (Å²) in [4.78, 5) is 15.0. The Morgan fingerprint density at radius 2 is 1.94 bits per heavy atom. The standard InChI is InChI=1S/C13H18N3O2/c1-11-7-12(9-13(8-11)16(17)18)10-15-5-3-14(2)4-6-15/h7-9H,1,3-6,10H2,2H3. The van der Waals surface area contributed by atoms with Crippen LogP contribution in [-0.2, 0) is 6.54 Å². The van der Waals surface area contributed by atoms with Gasteiger partial charge in [-0.05, 0) is 25.1 Å². The van der Waals surface area contributed by atoms with Crippen LogP contribution in [-0.4, -0.2) is 47.9 Å². The molecule has 97 valence electrons. The molecule has 0 bridgehead atoms. The second-order valence-electron chi connectivity index (χ2n) is 4.84. The highest BCUT2D eigenvalue weighted by atomic mass is 16.6. The topological polar surface area (TPSA) is 49.6 Å². The van der Waals surface area contributed by atoms with Crippen molar-refractivity contribution in [3.05, 3.63) is 46.4 Å². The third-order valence-corrected chi connectivity index (χ3v) is 3.25. The van der Waals surface area contributed by atoms with Crippen molar-refractivity contribution in [3.63, 3.8) is 0 Å². The van der Waals surface area contributed by atoms with Gasteiger partial charge in [-0.2, -0.15) is 0 Å². The lowest BCUT2D eigenvalue weighted by molar-refractivity contribution is -0.385. The summed E-state index contributed by atoms with van der Waals surface area (Å²) in [6.45, 7) is 8.67. The molecular formula is C13H18N3O2. The van der Waals surface area contributed by atoms with E-state index in [4.69, 9.17) is 0 Å². The molecule has 1 heterocycles. The van der Waals surface area contributed by atoms with Gasteiger partial charge in [-0.1, -0.05) is 6.07 Å². The number of hydrogen-bond acceptors (Lipinski definition) is 4. The molecule has 0 amide bonds. The van der Waals surface area contributed by atoms with E-state index in [2.05, 4.69) is 23.8 Å². The average Bonchev–Trinajstić information content (AvgIpc) is 2.31. The minimum Gasteiger partial charge on any atom is -0.304 e. The molecule has 18 heavy (non-hydrogen) atoms. The van der Waals surface area contributed by atoms with Crippen LogP contribution in [0.3, 0.4) is 0 Å². The molecule has 5 heteroatoms. The first kappa shape index (κ1) is 13.0. The van der Waals surface area contributed by atoms with Gasteiger partial charge in [0.25, 0.3) is 5.69 Å². The molecular weight excluding hydrogens is 230 g/mol. The number of likely N-dealkylation sites (N-methyl/N-ethyl adjacent to an activating group) is 1. The minimum absolute atomic E-state index is 0.131. The number of piperazine rings is 1. The molecule has 2 rings (SSSR count). The molecule has 0 atom stereocenters. The third-order valence-electron chi connectivity index (χ3n) is 3.25. The highest BCUT2D eigenvalue weighted by Crippen LogP contribution is 2.18. The Morgan fingerprint density at radius 3 is 2.56 bits per heavy atom. The quantitative estimate of drug-likeness (QED) is 0.601. The number of nitro groups is 1. The number of rotatable bonds is 3. The van der Waals surface area contributed by atoms with Gasteiger partial charge in [-0.3, -0.25) is 15.0 Å². The molecule has 0 aliphatic carbocycles. The van der Waals surface area contributed by atoms with Gasteiger partial charge in [-0.15, -0.1) is 0 Å². The van der Waals surface area contributed by atoms with Crippen molar-refractivity contribution in [2.24, 2.45) is 0 Å². The molecule has 0 N–H and O–H groups in total. The zero-order valence-electron chi connectivity index (χ0n) is 10.6. The molecule has 1 saturated heterocycles. The second-order valence-corrected chi connectivity index (χ2v) is 4.84. The van der Waals surface area contributed by atoms with Crippen molar-refractivity contribution in [1.82, 2.24) is 9.80 Å². The van der Waals surface area contributed by atoms with Crippen molar-refractivity contribution in [1.29, 1.82) is 0 Å². The van der Waals surface area contributed by atoms with E-state index >= 15 is 0 Å². The molecule has 1 aromatic rings. The van der Waals surface area contributed by atoms with E-state index in [-0.39, 0.29) is 10.6 Å². The predicted octanol–water partition coefficient (Wildman–Crippen LogP) is 1.52. The third kappa shape index (κ3) is 3.27. The molecule has 5 nitrogen and oxygen atoms in total. The number of nitrogens with zero attached hydrogens (tertiary/aromatic N) is 3. The van der Waals surface area contributed by atoms with Gasteiger partial charge in [0, 0.05) is 44.9 Å². The highest BCUT2D eigenvalue weighted by Gasteiger charge is 2.15. The van der Waals surface area contributed by atoms with Crippen LogP contribution in [0.25, 0.3) is 0 Å². The summed E-state index contributed by atoms with van der Waals surface area (Å²) in [6, 6.07) is 5.08. The summed E-state index contributed by atoms with van der Waals surface area (Å²) in [5.74, 6) is 0. The zero-order valence-corrected chi connectivity index (χ0v) is 10.6. The second kappa shape index (κ2) is 5.46. The van der Waals surface area contributed by atoms with E-state index in [0.29, 0.717) is 5.56 Å². The fourth-order valence-corrected chi connectivity index (χ4v) is 2.20. The molecule has 1 aliphatic rings. The smallest absolute Gasteiger partial charge is 0.270 e. The number of non-ortho nitro benzene ring substituents is 1. The number of nitro benzene ring substituents is 1. The number of hydrogen-bond donors (Lipinski definition) is 0. The van der Waals surface area contributed by atoms with Crippen LogP contribution >= 0.6 is 0 Å². The maximum absolute atomic E-state index is 10.8. The van der Waals surface area contributed by atoms with Crippen molar-refractivity contribution in [2.75, 3.05) is 33.2 Å². The Labute approximate surface area is 107 Å². The lowest BCUT2D eigenvalue weighted by atomic mass is 10.1. The van der Waals surface area contributed by atoms with E-state index in [9.17, 15) is 10.1 Å². The molecule has 1 aromatic carbocycles. The van der Waals surface area contributed by atoms with E-state index in [1.807, 2.05) is 6.07 Å². The van der Waals surface area contributed by atoms with E-state index in [1.165, 1.54) is 6.07 Å². The SMILES string of the molecule is [CH2]c1cc(CN2CCN(C)CC2)cc([N+](=O)[O-])c1. The van der Waals surface area contributed by atoms with Crippen LogP contribution in [0.5, 0.6) is 0 Å². The first-order chi connectivity index (χ1) is 8.54. The van der Waals surface area contributed by atoms with Gasteiger partial charge in [0.15, 0.2) is 0 Å². The Morgan fingerprint density at radius 1 is 1.28 bits per heavy atom. The van der Waals surface area contributed by atoms with Crippen molar-refractivity contribution >= 4 is 5.69 Å². The molecule has 0 saturated carbocycles. The Bertz CT molecular complexity index is 440. The van der Waals surface area contributed by atoms with E-state index in [1.54, 1.807) is 6.07 Å². The summed E-state index contributed by atoms with van der Waals surface area (Å²) in [7, 11) is 2.11. The van der Waals surface area contributed by atoms with E-state index < -0.39 is 0 Å². The summed E-state index contributed by atoms with van der Waals surface area (Å²) in [5.41, 5.74) is 1.80. The van der Waals surface area contributed by atoms with Crippen LogP contribution in [0.4, 0.5) is 5.69 Å². The summed E-state index contributed by atoms with van der Waals surface area (Å²) >= 11 is 0. The van der Waals surface area contributed by atoms with Crippen LogP contribution in [0.2, 0.25) is 0 Å². The molecule has 1 radical (unpaired) electrons. The van der Waals surface area contributed by atoms with Gasteiger partial charge in [0.05, 0.1) is 4.92 Å². The first-order valence-corrected chi connectivity index (χ1v) is 6.06. The maximum atomic E-state index is 10.8. The molecule has 1 aliphatic heterocycles. The Kier molecular flexibility index (Phi) is 3.93. The monoisotopic (exact) mass is 248 g/mol. The van der Waals surface area contributed by atoms with Crippen molar-refractivity contribution < 1.29 is 4.92 Å². The maximum Gasteiger partial charge on any atom is 0.270 e. The number of benzene rings is 1. The normalized spacial score (nSPS) is 17.9.